The highest BCUT2D eigenvalue weighted by atomic mass is 79.9. The zero-order chi connectivity index (χ0) is 12.2. The fraction of sp³-hybridized carbons (Fsp3) is 0.182. The normalized spacial score (nSPS) is 10.5. The average molecular weight is 291 g/mol. The molecule has 0 heterocycles. The zero-order valence-corrected chi connectivity index (χ0v) is 9.52. The molecule has 0 amide bonds. The predicted octanol–water partition coefficient (Wildman–Crippen LogP) is 3.26. The van der Waals surface area contributed by atoms with Crippen molar-refractivity contribution in [1.29, 1.82) is 0 Å². The van der Waals surface area contributed by atoms with Gasteiger partial charge in [0, 0.05) is 11.1 Å². The van der Waals surface area contributed by atoms with Crippen LogP contribution in [0.5, 0.6) is 0 Å². The Kier molecular flexibility index (Phi) is 4.13. The molecule has 0 fully saturated rings. The van der Waals surface area contributed by atoms with Crippen molar-refractivity contribution in [3.63, 3.8) is 0 Å². The van der Waals surface area contributed by atoms with Crippen LogP contribution in [0.25, 0.3) is 0 Å². The van der Waals surface area contributed by atoms with Crippen LogP contribution in [0.3, 0.4) is 0 Å². The highest BCUT2D eigenvalue weighted by molar-refractivity contribution is 9.09. The predicted molar refractivity (Wildman–Crippen MR) is 57.5 cm³/mol. The molecule has 1 aromatic rings. The second-order valence-electron chi connectivity index (χ2n) is 2.86. The number of rotatable bonds is 1. The van der Waals surface area contributed by atoms with E-state index in [0.717, 1.165) is 6.07 Å². The minimum atomic E-state index is -4.50. The smallest absolute Gasteiger partial charge is 0.298 e. The number of alkyl halides is 4. The molecule has 0 N–H and O–H groups in total. The lowest BCUT2D eigenvalue weighted by atomic mass is 10.0. The van der Waals surface area contributed by atoms with Crippen LogP contribution in [0, 0.1) is 11.8 Å². The Hall–Kier alpha value is -1.28. The Labute approximate surface area is 98.8 Å². The van der Waals surface area contributed by atoms with Crippen molar-refractivity contribution < 1.29 is 18.0 Å². The molecule has 0 saturated carbocycles. The quantitative estimate of drug-likeness (QED) is 0.441. The lowest BCUT2D eigenvalue weighted by Gasteiger charge is -2.09. The summed E-state index contributed by atoms with van der Waals surface area (Å²) in [5, 5.41) is 0.291. The van der Waals surface area contributed by atoms with Gasteiger partial charge in [-0.15, -0.1) is 0 Å². The number of hydrogen-bond donors (Lipinski definition) is 0. The summed E-state index contributed by atoms with van der Waals surface area (Å²) in [5.41, 5.74) is -1.03. The molecular weight excluding hydrogens is 285 g/mol. The van der Waals surface area contributed by atoms with Gasteiger partial charge in [0.2, 0.25) is 0 Å². The van der Waals surface area contributed by atoms with Crippen LogP contribution in [-0.2, 0) is 6.18 Å². The van der Waals surface area contributed by atoms with Gasteiger partial charge in [-0.05, 0) is 12.1 Å². The topological polar surface area (TPSA) is 17.1 Å². The van der Waals surface area contributed by atoms with E-state index >= 15 is 0 Å². The maximum Gasteiger partial charge on any atom is 0.417 e. The first-order valence-electron chi connectivity index (χ1n) is 4.20. The summed E-state index contributed by atoms with van der Waals surface area (Å²) in [7, 11) is 0. The van der Waals surface area contributed by atoms with Crippen molar-refractivity contribution in [3.8, 4) is 11.8 Å². The van der Waals surface area contributed by atoms with Crippen LogP contribution in [0.15, 0.2) is 18.2 Å². The summed E-state index contributed by atoms with van der Waals surface area (Å²) in [5.74, 6) is 4.88. The van der Waals surface area contributed by atoms with E-state index in [-0.39, 0.29) is 11.1 Å². The van der Waals surface area contributed by atoms with E-state index < -0.39 is 11.7 Å². The molecule has 1 aromatic carbocycles. The third-order valence-electron chi connectivity index (χ3n) is 1.77. The first-order chi connectivity index (χ1) is 7.49. The lowest BCUT2D eigenvalue weighted by molar-refractivity contribution is -0.137. The molecule has 0 radical (unpaired) electrons. The molecule has 0 bridgehead atoms. The van der Waals surface area contributed by atoms with Gasteiger partial charge in [-0.1, -0.05) is 33.8 Å². The summed E-state index contributed by atoms with van der Waals surface area (Å²) < 4.78 is 37.8. The summed E-state index contributed by atoms with van der Waals surface area (Å²) in [4.78, 5) is 10.4. The molecule has 0 unspecified atom stereocenters. The third kappa shape index (κ3) is 3.11. The van der Waals surface area contributed by atoms with Crippen LogP contribution in [0.4, 0.5) is 13.2 Å². The van der Waals surface area contributed by atoms with Gasteiger partial charge in [0.1, 0.15) is 6.29 Å². The summed E-state index contributed by atoms with van der Waals surface area (Å²) >= 11 is 3.00. The number of carbonyl (C=O) groups excluding carboxylic acids is 1. The first kappa shape index (κ1) is 12.8. The Morgan fingerprint density at radius 3 is 2.56 bits per heavy atom. The van der Waals surface area contributed by atoms with Crippen LogP contribution < -0.4 is 0 Å². The van der Waals surface area contributed by atoms with Crippen molar-refractivity contribution >= 4 is 22.2 Å². The standard InChI is InChI=1S/C11H6BrF3O/c12-5-1-2-9-4-3-8(7-16)6-10(9)11(13,14)15/h3-4,6-7H,5H2. The SMILES string of the molecule is O=Cc1ccc(C#CCBr)c(C(F)(F)F)c1. The summed E-state index contributed by atoms with van der Waals surface area (Å²) in [6.45, 7) is 0. The zero-order valence-electron chi connectivity index (χ0n) is 7.94. The Morgan fingerprint density at radius 1 is 1.38 bits per heavy atom. The van der Waals surface area contributed by atoms with E-state index in [1.54, 1.807) is 0 Å². The number of benzene rings is 1. The van der Waals surface area contributed by atoms with Gasteiger partial charge in [0.25, 0.3) is 0 Å². The highest BCUT2D eigenvalue weighted by Crippen LogP contribution is 2.32. The number of hydrogen-bond acceptors (Lipinski definition) is 1. The Balaban J connectivity index is 3.33. The molecule has 1 rings (SSSR count). The molecule has 0 aliphatic carbocycles. The third-order valence-corrected chi connectivity index (χ3v) is 2.06. The maximum absolute atomic E-state index is 12.6. The molecule has 0 atom stereocenters. The van der Waals surface area contributed by atoms with E-state index in [1.807, 2.05) is 0 Å². The number of aldehydes is 1. The molecule has 84 valence electrons. The lowest BCUT2D eigenvalue weighted by Crippen LogP contribution is -2.08. The second kappa shape index (κ2) is 5.17. The molecule has 0 saturated heterocycles. The Bertz CT molecular complexity index is 455. The van der Waals surface area contributed by atoms with E-state index in [1.165, 1.54) is 12.1 Å². The highest BCUT2D eigenvalue weighted by Gasteiger charge is 2.33. The monoisotopic (exact) mass is 290 g/mol. The maximum atomic E-state index is 12.6. The van der Waals surface area contributed by atoms with Crippen molar-refractivity contribution in [1.82, 2.24) is 0 Å². The van der Waals surface area contributed by atoms with E-state index in [4.69, 9.17) is 0 Å². The summed E-state index contributed by atoms with van der Waals surface area (Å²) in [6.07, 6.45) is -4.13. The molecule has 1 nitrogen and oxygen atoms in total. The van der Waals surface area contributed by atoms with Gasteiger partial charge in [0.05, 0.1) is 10.9 Å². The molecule has 0 aliphatic heterocycles. The molecule has 5 heteroatoms. The van der Waals surface area contributed by atoms with Crippen molar-refractivity contribution in [2.24, 2.45) is 0 Å². The van der Waals surface area contributed by atoms with Crippen molar-refractivity contribution in [3.05, 3.63) is 34.9 Å². The molecule has 0 aromatic heterocycles. The molecule has 16 heavy (non-hydrogen) atoms. The number of halogens is 4. The van der Waals surface area contributed by atoms with Gasteiger partial charge in [-0.25, -0.2) is 0 Å². The van der Waals surface area contributed by atoms with Crippen LogP contribution in [-0.4, -0.2) is 11.6 Å². The fourth-order valence-electron chi connectivity index (χ4n) is 1.11. The van der Waals surface area contributed by atoms with Crippen LogP contribution in [0.2, 0.25) is 0 Å². The fourth-order valence-corrected chi connectivity index (χ4v) is 1.25. The van der Waals surface area contributed by atoms with Crippen LogP contribution in [0.1, 0.15) is 21.5 Å². The van der Waals surface area contributed by atoms with Crippen molar-refractivity contribution in [2.45, 2.75) is 6.18 Å². The average Bonchev–Trinajstić information content (AvgIpc) is 2.25. The number of carbonyl (C=O) groups is 1. The van der Waals surface area contributed by atoms with Gasteiger partial charge >= 0.3 is 6.18 Å². The van der Waals surface area contributed by atoms with Gasteiger partial charge in [-0.2, -0.15) is 13.2 Å². The Morgan fingerprint density at radius 2 is 2.06 bits per heavy atom. The largest absolute Gasteiger partial charge is 0.417 e. The van der Waals surface area contributed by atoms with E-state index in [9.17, 15) is 18.0 Å². The molecular formula is C11H6BrF3O. The van der Waals surface area contributed by atoms with Gasteiger partial charge < -0.3 is 0 Å². The second-order valence-corrected chi connectivity index (χ2v) is 3.42. The first-order valence-corrected chi connectivity index (χ1v) is 5.32. The van der Waals surface area contributed by atoms with Gasteiger partial charge in [-0.3, -0.25) is 4.79 Å². The van der Waals surface area contributed by atoms with Crippen LogP contribution >= 0.6 is 15.9 Å². The van der Waals surface area contributed by atoms with E-state index in [2.05, 4.69) is 27.8 Å². The van der Waals surface area contributed by atoms with Crippen molar-refractivity contribution in [2.75, 3.05) is 5.33 Å². The molecule has 0 aliphatic rings. The minimum Gasteiger partial charge on any atom is -0.298 e. The van der Waals surface area contributed by atoms with E-state index in [0.29, 0.717) is 11.6 Å². The molecule has 0 spiro atoms. The van der Waals surface area contributed by atoms with Gasteiger partial charge in [0.15, 0.2) is 0 Å². The minimum absolute atomic E-state index is 0.0169. The summed E-state index contributed by atoms with van der Waals surface area (Å²) in [6, 6.07) is 3.30.